The number of rotatable bonds is 5. The SMILES string of the molecule is O=C(CCBr)Nc1ccc(Oc2ccccc2)cc1. The summed E-state index contributed by atoms with van der Waals surface area (Å²) >= 11 is 3.23. The Kier molecular flexibility index (Phi) is 4.98. The molecule has 0 bridgehead atoms. The predicted molar refractivity (Wildman–Crippen MR) is 80.0 cm³/mol. The second kappa shape index (κ2) is 6.95. The normalized spacial score (nSPS) is 9.95. The number of carbonyl (C=O) groups is 1. The van der Waals surface area contributed by atoms with Gasteiger partial charge in [-0.1, -0.05) is 34.1 Å². The number of hydrogen-bond acceptors (Lipinski definition) is 2. The summed E-state index contributed by atoms with van der Waals surface area (Å²) in [5, 5.41) is 3.47. The van der Waals surface area contributed by atoms with E-state index in [4.69, 9.17) is 4.74 Å². The number of hydrogen-bond donors (Lipinski definition) is 1. The van der Waals surface area contributed by atoms with Gasteiger partial charge < -0.3 is 10.1 Å². The lowest BCUT2D eigenvalue weighted by atomic mass is 10.3. The second-order valence-corrected chi connectivity index (χ2v) is 4.72. The monoisotopic (exact) mass is 319 g/mol. The smallest absolute Gasteiger partial charge is 0.225 e. The molecule has 1 N–H and O–H groups in total. The molecule has 0 heterocycles. The Morgan fingerprint density at radius 1 is 1.00 bits per heavy atom. The summed E-state index contributed by atoms with van der Waals surface area (Å²) in [4.78, 5) is 11.4. The quantitative estimate of drug-likeness (QED) is 0.839. The van der Waals surface area contributed by atoms with Gasteiger partial charge in [0.05, 0.1) is 0 Å². The highest BCUT2D eigenvalue weighted by atomic mass is 79.9. The van der Waals surface area contributed by atoms with Crippen molar-refractivity contribution in [1.82, 2.24) is 0 Å². The fourth-order valence-corrected chi connectivity index (χ4v) is 1.90. The van der Waals surface area contributed by atoms with Crippen molar-refractivity contribution in [3.05, 3.63) is 54.6 Å². The first-order valence-electron chi connectivity index (χ1n) is 5.97. The summed E-state index contributed by atoms with van der Waals surface area (Å²) in [6, 6.07) is 16.9. The van der Waals surface area contributed by atoms with Crippen LogP contribution < -0.4 is 10.1 Å². The van der Waals surface area contributed by atoms with Crippen molar-refractivity contribution < 1.29 is 9.53 Å². The average Bonchev–Trinajstić information content (AvgIpc) is 2.42. The minimum Gasteiger partial charge on any atom is -0.457 e. The second-order valence-electron chi connectivity index (χ2n) is 3.93. The molecular weight excluding hydrogens is 306 g/mol. The van der Waals surface area contributed by atoms with E-state index < -0.39 is 0 Å². The highest BCUT2D eigenvalue weighted by Gasteiger charge is 2.01. The van der Waals surface area contributed by atoms with Crippen LogP contribution in [0.2, 0.25) is 0 Å². The van der Waals surface area contributed by atoms with Gasteiger partial charge in [0, 0.05) is 17.4 Å². The lowest BCUT2D eigenvalue weighted by molar-refractivity contribution is -0.115. The Morgan fingerprint density at radius 3 is 2.26 bits per heavy atom. The third-order valence-corrected chi connectivity index (χ3v) is 2.84. The predicted octanol–water partition coefficient (Wildman–Crippen LogP) is 4.20. The van der Waals surface area contributed by atoms with Crippen molar-refractivity contribution in [3.63, 3.8) is 0 Å². The van der Waals surface area contributed by atoms with Gasteiger partial charge in [0.15, 0.2) is 0 Å². The largest absolute Gasteiger partial charge is 0.457 e. The van der Waals surface area contributed by atoms with Crippen LogP contribution >= 0.6 is 15.9 Å². The van der Waals surface area contributed by atoms with Crippen LogP contribution in [-0.2, 0) is 4.79 Å². The van der Waals surface area contributed by atoms with Gasteiger partial charge in [0.1, 0.15) is 11.5 Å². The minimum atomic E-state index is -0.00592. The molecule has 1 amide bonds. The Labute approximate surface area is 120 Å². The molecule has 4 heteroatoms. The molecule has 0 saturated heterocycles. The van der Waals surface area contributed by atoms with Gasteiger partial charge in [-0.15, -0.1) is 0 Å². The van der Waals surface area contributed by atoms with E-state index >= 15 is 0 Å². The van der Waals surface area contributed by atoms with Crippen LogP contribution in [0, 0.1) is 0 Å². The molecule has 0 fully saturated rings. The van der Waals surface area contributed by atoms with Crippen LogP contribution in [0.15, 0.2) is 54.6 Å². The first-order chi connectivity index (χ1) is 9.28. The number of nitrogens with one attached hydrogen (secondary N) is 1. The zero-order chi connectivity index (χ0) is 13.5. The van der Waals surface area contributed by atoms with E-state index in [-0.39, 0.29) is 5.91 Å². The molecule has 2 aromatic carbocycles. The third-order valence-electron chi connectivity index (χ3n) is 2.44. The summed E-state index contributed by atoms with van der Waals surface area (Å²) in [5.41, 5.74) is 0.770. The lowest BCUT2D eigenvalue weighted by Crippen LogP contribution is -2.11. The van der Waals surface area contributed by atoms with Crippen molar-refractivity contribution in [2.45, 2.75) is 6.42 Å². The van der Waals surface area contributed by atoms with E-state index in [1.165, 1.54) is 0 Å². The molecule has 0 atom stereocenters. The van der Waals surface area contributed by atoms with Crippen molar-refractivity contribution in [2.75, 3.05) is 10.6 Å². The molecule has 0 radical (unpaired) electrons. The summed E-state index contributed by atoms with van der Waals surface area (Å²) in [6.07, 6.45) is 0.461. The summed E-state index contributed by atoms with van der Waals surface area (Å²) in [5.74, 6) is 1.52. The first kappa shape index (κ1) is 13.6. The van der Waals surface area contributed by atoms with Crippen molar-refractivity contribution >= 4 is 27.5 Å². The number of halogens is 1. The van der Waals surface area contributed by atoms with Gasteiger partial charge in [-0.3, -0.25) is 4.79 Å². The molecule has 2 aromatic rings. The molecule has 0 aliphatic rings. The summed E-state index contributed by atoms with van der Waals surface area (Å²) in [7, 11) is 0. The molecule has 98 valence electrons. The Hall–Kier alpha value is -1.81. The van der Waals surface area contributed by atoms with Crippen LogP contribution in [0.3, 0.4) is 0 Å². The Balaban J connectivity index is 1.97. The van der Waals surface area contributed by atoms with E-state index in [1.54, 1.807) is 0 Å². The minimum absolute atomic E-state index is 0.00592. The van der Waals surface area contributed by atoms with Gasteiger partial charge >= 0.3 is 0 Å². The zero-order valence-corrected chi connectivity index (χ0v) is 11.9. The topological polar surface area (TPSA) is 38.3 Å². The maximum atomic E-state index is 11.4. The van der Waals surface area contributed by atoms with Crippen LogP contribution in [-0.4, -0.2) is 11.2 Å². The molecular formula is C15H14BrNO2. The average molecular weight is 320 g/mol. The number of alkyl halides is 1. The number of benzene rings is 2. The number of para-hydroxylation sites is 1. The summed E-state index contributed by atoms with van der Waals surface area (Å²) < 4.78 is 5.67. The van der Waals surface area contributed by atoms with Gasteiger partial charge in [-0.2, -0.15) is 0 Å². The first-order valence-corrected chi connectivity index (χ1v) is 7.09. The number of amides is 1. The highest BCUT2D eigenvalue weighted by molar-refractivity contribution is 9.09. The van der Waals surface area contributed by atoms with E-state index in [2.05, 4.69) is 21.2 Å². The van der Waals surface area contributed by atoms with E-state index in [0.29, 0.717) is 11.8 Å². The number of carbonyl (C=O) groups excluding carboxylic acids is 1. The van der Waals surface area contributed by atoms with Crippen molar-refractivity contribution in [1.29, 1.82) is 0 Å². The molecule has 2 rings (SSSR count). The Morgan fingerprint density at radius 2 is 1.63 bits per heavy atom. The molecule has 0 saturated carbocycles. The lowest BCUT2D eigenvalue weighted by Gasteiger charge is -2.07. The molecule has 0 aliphatic carbocycles. The number of ether oxygens (including phenoxy) is 1. The third kappa shape index (κ3) is 4.41. The standard InChI is InChI=1S/C15H14BrNO2/c16-11-10-15(18)17-12-6-8-14(9-7-12)19-13-4-2-1-3-5-13/h1-9H,10-11H2,(H,17,18). The molecule has 19 heavy (non-hydrogen) atoms. The van der Waals surface area contributed by atoms with Gasteiger partial charge in [0.25, 0.3) is 0 Å². The van der Waals surface area contributed by atoms with Crippen LogP contribution in [0.25, 0.3) is 0 Å². The maximum absolute atomic E-state index is 11.4. The van der Waals surface area contributed by atoms with Crippen molar-refractivity contribution in [2.24, 2.45) is 0 Å². The molecule has 0 aliphatic heterocycles. The van der Waals surface area contributed by atoms with Gasteiger partial charge in [-0.05, 0) is 36.4 Å². The van der Waals surface area contributed by atoms with Gasteiger partial charge in [0.2, 0.25) is 5.91 Å². The molecule has 0 unspecified atom stereocenters. The molecule has 0 spiro atoms. The highest BCUT2D eigenvalue weighted by Crippen LogP contribution is 2.22. The van der Waals surface area contributed by atoms with Gasteiger partial charge in [-0.25, -0.2) is 0 Å². The van der Waals surface area contributed by atoms with Crippen molar-refractivity contribution in [3.8, 4) is 11.5 Å². The van der Waals surface area contributed by atoms with Crippen LogP contribution in [0.4, 0.5) is 5.69 Å². The van der Waals surface area contributed by atoms with E-state index in [9.17, 15) is 4.79 Å². The molecule has 0 aromatic heterocycles. The van der Waals surface area contributed by atoms with E-state index in [1.807, 2.05) is 54.6 Å². The fraction of sp³-hybridized carbons (Fsp3) is 0.133. The van der Waals surface area contributed by atoms with Crippen LogP contribution in [0.5, 0.6) is 11.5 Å². The van der Waals surface area contributed by atoms with Crippen LogP contribution in [0.1, 0.15) is 6.42 Å². The van der Waals surface area contributed by atoms with E-state index in [0.717, 1.165) is 17.2 Å². The maximum Gasteiger partial charge on any atom is 0.225 e. The zero-order valence-electron chi connectivity index (χ0n) is 10.3. The Bertz CT molecular complexity index is 526. The fourth-order valence-electron chi connectivity index (χ4n) is 1.54. The summed E-state index contributed by atoms with van der Waals surface area (Å²) in [6.45, 7) is 0. The number of anilines is 1. The molecule has 3 nitrogen and oxygen atoms in total.